The number of rotatable bonds is 0. The van der Waals surface area contributed by atoms with E-state index in [4.69, 9.17) is 9.57 Å². The Morgan fingerprint density at radius 1 is 1.23 bits per heavy atom. The Bertz CT molecular complexity index is 287. The van der Waals surface area contributed by atoms with Crippen LogP contribution in [0, 0.1) is 5.92 Å². The summed E-state index contributed by atoms with van der Waals surface area (Å²) in [5.74, 6) is -0.130. The lowest BCUT2D eigenvalue weighted by atomic mass is 9.93. The molecule has 3 atom stereocenters. The van der Waals surface area contributed by atoms with Gasteiger partial charge in [-0.05, 0) is 25.7 Å². The van der Waals surface area contributed by atoms with E-state index in [1.165, 1.54) is 0 Å². The molecule has 0 aromatic carbocycles. The Labute approximate surface area is 75.9 Å². The molecule has 0 unspecified atom stereocenters. The number of hydrogen-bond acceptors (Lipinski definition) is 4. The lowest BCUT2D eigenvalue weighted by Crippen LogP contribution is -2.27. The van der Waals surface area contributed by atoms with E-state index in [1.54, 1.807) is 0 Å². The fourth-order valence-corrected chi connectivity index (χ4v) is 2.45. The van der Waals surface area contributed by atoms with Gasteiger partial charge in [0.25, 0.3) is 0 Å². The molecule has 13 heavy (non-hydrogen) atoms. The van der Waals surface area contributed by atoms with Gasteiger partial charge in [-0.25, -0.2) is 4.79 Å². The minimum atomic E-state index is -0.264. The van der Waals surface area contributed by atoms with Crippen molar-refractivity contribution in [1.29, 1.82) is 0 Å². The van der Waals surface area contributed by atoms with Crippen LogP contribution in [-0.4, -0.2) is 23.9 Å². The molecule has 0 N–H and O–H groups in total. The van der Waals surface area contributed by atoms with E-state index < -0.39 is 0 Å². The summed E-state index contributed by atoms with van der Waals surface area (Å²) in [7, 11) is 0. The highest BCUT2D eigenvalue weighted by Crippen LogP contribution is 2.37. The maximum absolute atomic E-state index is 11.3. The van der Waals surface area contributed by atoms with Gasteiger partial charge in [0, 0.05) is 0 Å². The fraction of sp³-hybridized carbons (Fsp3) is 0.778. The number of carbonyl (C=O) groups excluding carboxylic acids is 1. The van der Waals surface area contributed by atoms with E-state index >= 15 is 0 Å². The third kappa shape index (κ3) is 0.913. The number of esters is 1. The minimum Gasteiger partial charge on any atom is -0.457 e. The molecule has 0 spiro atoms. The maximum Gasteiger partial charge on any atom is 0.357 e. The van der Waals surface area contributed by atoms with Crippen molar-refractivity contribution < 1.29 is 14.4 Å². The molecule has 2 heterocycles. The summed E-state index contributed by atoms with van der Waals surface area (Å²) >= 11 is 0. The Morgan fingerprint density at radius 3 is 2.85 bits per heavy atom. The van der Waals surface area contributed by atoms with Crippen molar-refractivity contribution in [3.8, 4) is 0 Å². The highest BCUT2D eigenvalue weighted by Gasteiger charge is 2.51. The zero-order valence-electron chi connectivity index (χ0n) is 7.23. The van der Waals surface area contributed by atoms with E-state index in [1.807, 2.05) is 0 Å². The first-order chi connectivity index (χ1) is 6.36. The minimum absolute atomic E-state index is 0.0428. The number of carbonyl (C=O) groups is 1. The summed E-state index contributed by atoms with van der Waals surface area (Å²) in [6.07, 6.45) is 4.40. The van der Waals surface area contributed by atoms with Gasteiger partial charge in [-0.3, -0.25) is 0 Å². The lowest BCUT2D eigenvalue weighted by Gasteiger charge is -2.15. The Morgan fingerprint density at radius 2 is 2.00 bits per heavy atom. The predicted molar refractivity (Wildman–Crippen MR) is 44.1 cm³/mol. The van der Waals surface area contributed by atoms with Crippen molar-refractivity contribution in [3.05, 3.63) is 0 Å². The summed E-state index contributed by atoms with van der Waals surface area (Å²) in [6, 6.07) is 0. The molecule has 70 valence electrons. The molecule has 4 nitrogen and oxygen atoms in total. The van der Waals surface area contributed by atoms with Crippen LogP contribution < -0.4 is 0 Å². The van der Waals surface area contributed by atoms with Gasteiger partial charge in [-0.2, -0.15) is 0 Å². The molecular weight excluding hydrogens is 170 g/mol. The van der Waals surface area contributed by atoms with Gasteiger partial charge in [-0.1, -0.05) is 5.16 Å². The van der Waals surface area contributed by atoms with Gasteiger partial charge in [0.1, 0.15) is 12.2 Å². The second kappa shape index (κ2) is 2.47. The summed E-state index contributed by atoms with van der Waals surface area (Å²) in [5.41, 5.74) is 0.525. The smallest absolute Gasteiger partial charge is 0.357 e. The second-order valence-corrected chi connectivity index (χ2v) is 3.87. The molecular formula is C9H11NO3. The normalized spacial score (nSPS) is 41.7. The van der Waals surface area contributed by atoms with Crippen LogP contribution in [0.4, 0.5) is 0 Å². The van der Waals surface area contributed by atoms with Gasteiger partial charge >= 0.3 is 5.97 Å². The first-order valence-electron chi connectivity index (χ1n) is 4.81. The van der Waals surface area contributed by atoms with Crippen LogP contribution >= 0.6 is 0 Å². The van der Waals surface area contributed by atoms with Crippen LogP contribution in [0.25, 0.3) is 0 Å². The lowest BCUT2D eigenvalue weighted by molar-refractivity contribution is -0.139. The number of oxime groups is 1. The molecule has 1 aliphatic carbocycles. The van der Waals surface area contributed by atoms with Gasteiger partial charge in [-0.15, -0.1) is 0 Å². The monoisotopic (exact) mass is 181 g/mol. The average molecular weight is 181 g/mol. The summed E-state index contributed by atoms with van der Waals surface area (Å²) in [6.45, 7) is 0. The second-order valence-electron chi connectivity index (χ2n) is 3.87. The van der Waals surface area contributed by atoms with Crippen LogP contribution in [-0.2, 0) is 14.4 Å². The van der Waals surface area contributed by atoms with Crippen LogP contribution in [0.1, 0.15) is 25.7 Å². The van der Waals surface area contributed by atoms with E-state index in [2.05, 4.69) is 5.16 Å². The molecule has 3 rings (SSSR count). The number of nitrogens with zero attached hydrogens (tertiary/aromatic N) is 1. The van der Waals surface area contributed by atoms with Crippen molar-refractivity contribution >= 4 is 11.7 Å². The third-order valence-electron chi connectivity index (χ3n) is 3.10. The van der Waals surface area contributed by atoms with Gasteiger partial charge < -0.3 is 9.57 Å². The Hall–Kier alpha value is -1.06. The molecule has 0 aromatic heterocycles. The molecule has 2 fully saturated rings. The van der Waals surface area contributed by atoms with Crippen LogP contribution in [0.5, 0.6) is 0 Å². The summed E-state index contributed by atoms with van der Waals surface area (Å²) in [4.78, 5) is 16.5. The zero-order valence-corrected chi connectivity index (χ0v) is 7.23. The molecule has 0 bridgehead atoms. The van der Waals surface area contributed by atoms with Crippen molar-refractivity contribution in [3.63, 3.8) is 0 Å². The Balaban J connectivity index is 1.96. The summed E-state index contributed by atoms with van der Waals surface area (Å²) in [5, 5.41) is 3.81. The molecule has 4 heteroatoms. The quantitative estimate of drug-likeness (QED) is 0.521. The predicted octanol–water partition coefficient (Wildman–Crippen LogP) is 0.857. The van der Waals surface area contributed by atoms with E-state index in [9.17, 15) is 4.79 Å². The highest BCUT2D eigenvalue weighted by molar-refractivity contribution is 6.39. The third-order valence-corrected chi connectivity index (χ3v) is 3.10. The van der Waals surface area contributed by atoms with Crippen molar-refractivity contribution in [2.75, 3.05) is 0 Å². The van der Waals surface area contributed by atoms with E-state index in [-0.39, 0.29) is 24.1 Å². The van der Waals surface area contributed by atoms with E-state index in [0.717, 1.165) is 25.7 Å². The first-order valence-corrected chi connectivity index (χ1v) is 4.81. The number of ether oxygens (including phenoxy) is 1. The van der Waals surface area contributed by atoms with E-state index in [0.29, 0.717) is 5.71 Å². The van der Waals surface area contributed by atoms with Crippen molar-refractivity contribution in [1.82, 2.24) is 0 Å². The van der Waals surface area contributed by atoms with Gasteiger partial charge in [0.05, 0.1) is 5.92 Å². The standard InChI is InChI=1S/C9H11NO3/c11-9-8-7-5(12-9)3-1-2-4-6(7)13-10-8/h5-7H,1-4H2/t5-,6+,7-/m1/s1. The molecule has 3 aliphatic rings. The molecule has 0 aromatic rings. The van der Waals surface area contributed by atoms with Crippen LogP contribution in [0.2, 0.25) is 0 Å². The maximum atomic E-state index is 11.3. The largest absolute Gasteiger partial charge is 0.457 e. The molecule has 1 saturated carbocycles. The van der Waals surface area contributed by atoms with Crippen LogP contribution in [0.15, 0.2) is 5.16 Å². The fourth-order valence-electron chi connectivity index (χ4n) is 2.45. The van der Waals surface area contributed by atoms with Crippen molar-refractivity contribution in [2.45, 2.75) is 37.9 Å². The summed E-state index contributed by atoms with van der Waals surface area (Å²) < 4.78 is 5.23. The SMILES string of the molecule is O=C1O[C@@H]2CCCC[C@@H]3ON=C1[C@@H]32. The average Bonchev–Trinajstić information content (AvgIpc) is 2.58. The first kappa shape index (κ1) is 7.35. The molecule has 1 saturated heterocycles. The van der Waals surface area contributed by atoms with Gasteiger partial charge in [0.15, 0.2) is 5.71 Å². The molecule has 2 aliphatic heterocycles. The van der Waals surface area contributed by atoms with Gasteiger partial charge in [0.2, 0.25) is 0 Å². The zero-order chi connectivity index (χ0) is 8.84. The Kier molecular flexibility index (Phi) is 1.39. The van der Waals surface area contributed by atoms with Crippen molar-refractivity contribution in [2.24, 2.45) is 11.1 Å². The topological polar surface area (TPSA) is 47.9 Å². The molecule has 0 amide bonds. The van der Waals surface area contributed by atoms with Crippen LogP contribution in [0.3, 0.4) is 0 Å². The highest BCUT2D eigenvalue weighted by atomic mass is 16.7. The molecule has 0 radical (unpaired) electrons. The number of hydrogen-bond donors (Lipinski definition) is 0.